The number of halogens is 1. The summed E-state index contributed by atoms with van der Waals surface area (Å²) in [6.07, 6.45) is 3.40. The summed E-state index contributed by atoms with van der Waals surface area (Å²) >= 11 is 0. The Morgan fingerprint density at radius 3 is 2.52 bits per heavy atom. The van der Waals surface area contributed by atoms with E-state index in [1.807, 2.05) is 12.1 Å². The Bertz CT molecular complexity index is 476. The first kappa shape index (κ1) is 17.9. The highest BCUT2D eigenvalue weighted by atomic mass is 127. The lowest BCUT2D eigenvalue weighted by molar-refractivity contribution is 0.354. The third-order valence-electron chi connectivity index (χ3n) is 3.30. The first-order valence-corrected chi connectivity index (χ1v) is 6.95. The summed E-state index contributed by atoms with van der Waals surface area (Å²) in [5, 5.41) is 6.68. The van der Waals surface area contributed by atoms with Gasteiger partial charge in [-0.1, -0.05) is 6.07 Å². The van der Waals surface area contributed by atoms with Gasteiger partial charge in [-0.05, 0) is 37.0 Å². The second kappa shape index (κ2) is 8.96. The number of ether oxygens (including phenoxy) is 2. The molecule has 0 aromatic heterocycles. The van der Waals surface area contributed by atoms with Gasteiger partial charge in [0.05, 0.1) is 14.2 Å². The molecule has 2 N–H and O–H groups in total. The van der Waals surface area contributed by atoms with Gasteiger partial charge in [-0.3, -0.25) is 4.99 Å². The molecule has 0 aliphatic heterocycles. The SMILES string of the molecule is CN=C(NCCc1ccc(OC)c(OC)c1)NC1CC1.I. The predicted molar refractivity (Wildman–Crippen MR) is 96.2 cm³/mol. The lowest BCUT2D eigenvalue weighted by atomic mass is 10.1. The molecule has 0 radical (unpaired) electrons. The highest BCUT2D eigenvalue weighted by molar-refractivity contribution is 14.0. The fraction of sp³-hybridized carbons (Fsp3) is 0.533. The summed E-state index contributed by atoms with van der Waals surface area (Å²) in [6, 6.07) is 6.62. The van der Waals surface area contributed by atoms with E-state index in [2.05, 4.69) is 21.7 Å². The summed E-state index contributed by atoms with van der Waals surface area (Å²) < 4.78 is 10.5. The van der Waals surface area contributed by atoms with Crippen LogP contribution in [0.3, 0.4) is 0 Å². The molecule has 0 spiro atoms. The molecule has 118 valence electrons. The van der Waals surface area contributed by atoms with Crippen LogP contribution in [0.15, 0.2) is 23.2 Å². The van der Waals surface area contributed by atoms with E-state index in [9.17, 15) is 0 Å². The fourth-order valence-electron chi connectivity index (χ4n) is 1.98. The number of hydrogen-bond donors (Lipinski definition) is 2. The second-order valence-corrected chi connectivity index (χ2v) is 4.86. The molecule has 21 heavy (non-hydrogen) atoms. The third kappa shape index (κ3) is 5.61. The maximum Gasteiger partial charge on any atom is 0.191 e. The summed E-state index contributed by atoms with van der Waals surface area (Å²) in [5.74, 6) is 2.41. The van der Waals surface area contributed by atoms with E-state index in [-0.39, 0.29) is 24.0 Å². The number of methoxy groups -OCH3 is 2. The van der Waals surface area contributed by atoms with Gasteiger partial charge in [0.15, 0.2) is 17.5 Å². The van der Waals surface area contributed by atoms with Crippen molar-refractivity contribution in [3.8, 4) is 11.5 Å². The topological polar surface area (TPSA) is 54.9 Å². The molecular weight excluding hydrogens is 381 g/mol. The number of guanidine groups is 1. The molecule has 1 aromatic rings. The summed E-state index contributed by atoms with van der Waals surface area (Å²) in [6.45, 7) is 0.835. The van der Waals surface area contributed by atoms with E-state index >= 15 is 0 Å². The van der Waals surface area contributed by atoms with Crippen molar-refractivity contribution in [2.24, 2.45) is 4.99 Å². The van der Waals surface area contributed by atoms with Crippen LogP contribution in [0.4, 0.5) is 0 Å². The molecule has 5 nitrogen and oxygen atoms in total. The molecule has 0 atom stereocenters. The average Bonchev–Trinajstić information content (AvgIpc) is 3.30. The van der Waals surface area contributed by atoms with Crippen molar-refractivity contribution in [2.75, 3.05) is 27.8 Å². The molecule has 0 heterocycles. The molecule has 2 rings (SSSR count). The fourth-order valence-corrected chi connectivity index (χ4v) is 1.98. The molecule has 1 aliphatic rings. The van der Waals surface area contributed by atoms with Crippen LogP contribution < -0.4 is 20.1 Å². The van der Waals surface area contributed by atoms with E-state index in [4.69, 9.17) is 9.47 Å². The van der Waals surface area contributed by atoms with Crippen molar-refractivity contribution in [1.82, 2.24) is 10.6 Å². The van der Waals surface area contributed by atoms with Crippen LogP contribution >= 0.6 is 24.0 Å². The van der Waals surface area contributed by atoms with Gasteiger partial charge < -0.3 is 20.1 Å². The zero-order valence-electron chi connectivity index (χ0n) is 12.8. The molecule has 1 fully saturated rings. The molecule has 0 amide bonds. The van der Waals surface area contributed by atoms with E-state index in [1.54, 1.807) is 21.3 Å². The Kier molecular flexibility index (Phi) is 7.63. The molecule has 0 saturated heterocycles. The number of nitrogens with one attached hydrogen (secondary N) is 2. The zero-order chi connectivity index (χ0) is 14.4. The zero-order valence-corrected chi connectivity index (χ0v) is 15.1. The van der Waals surface area contributed by atoms with Crippen LogP contribution in [-0.4, -0.2) is 39.8 Å². The van der Waals surface area contributed by atoms with Gasteiger partial charge in [0.1, 0.15) is 0 Å². The van der Waals surface area contributed by atoms with Crippen molar-refractivity contribution in [3.05, 3.63) is 23.8 Å². The predicted octanol–water partition coefficient (Wildman–Crippen LogP) is 2.19. The van der Waals surface area contributed by atoms with Crippen molar-refractivity contribution in [1.29, 1.82) is 0 Å². The Labute approximate surface area is 143 Å². The molecular formula is C15H24IN3O2. The van der Waals surface area contributed by atoms with Crippen LogP contribution in [0.1, 0.15) is 18.4 Å². The van der Waals surface area contributed by atoms with Crippen molar-refractivity contribution >= 4 is 29.9 Å². The minimum absolute atomic E-state index is 0. The van der Waals surface area contributed by atoms with E-state index in [0.29, 0.717) is 6.04 Å². The van der Waals surface area contributed by atoms with Gasteiger partial charge in [0.25, 0.3) is 0 Å². The summed E-state index contributed by atoms with van der Waals surface area (Å²) in [5.41, 5.74) is 1.21. The van der Waals surface area contributed by atoms with Crippen molar-refractivity contribution in [2.45, 2.75) is 25.3 Å². The standard InChI is InChI=1S/C15H23N3O2.HI/c1-16-15(18-12-5-6-12)17-9-8-11-4-7-13(19-2)14(10-11)20-3;/h4,7,10,12H,5-6,8-9H2,1-3H3,(H2,16,17,18);1H. The van der Waals surface area contributed by atoms with Gasteiger partial charge in [-0.2, -0.15) is 0 Å². The highest BCUT2D eigenvalue weighted by Gasteiger charge is 2.21. The first-order valence-electron chi connectivity index (χ1n) is 6.95. The lowest BCUT2D eigenvalue weighted by Gasteiger charge is -2.12. The Morgan fingerprint density at radius 1 is 1.24 bits per heavy atom. The maximum absolute atomic E-state index is 5.30. The third-order valence-corrected chi connectivity index (χ3v) is 3.30. The normalized spacial score (nSPS) is 14.1. The van der Waals surface area contributed by atoms with Gasteiger partial charge in [-0.15, -0.1) is 24.0 Å². The van der Waals surface area contributed by atoms with Crippen LogP contribution in [-0.2, 0) is 6.42 Å². The molecule has 0 unspecified atom stereocenters. The number of aliphatic imine (C=N–C) groups is 1. The maximum atomic E-state index is 5.30. The van der Waals surface area contributed by atoms with Gasteiger partial charge in [0, 0.05) is 19.6 Å². The van der Waals surface area contributed by atoms with Gasteiger partial charge >= 0.3 is 0 Å². The minimum Gasteiger partial charge on any atom is -0.493 e. The molecule has 1 aliphatic carbocycles. The smallest absolute Gasteiger partial charge is 0.191 e. The average molecular weight is 405 g/mol. The molecule has 1 aromatic carbocycles. The Morgan fingerprint density at radius 2 is 1.95 bits per heavy atom. The quantitative estimate of drug-likeness (QED) is 0.433. The van der Waals surface area contributed by atoms with Crippen molar-refractivity contribution in [3.63, 3.8) is 0 Å². The second-order valence-electron chi connectivity index (χ2n) is 4.86. The van der Waals surface area contributed by atoms with E-state index in [0.717, 1.165) is 30.4 Å². The van der Waals surface area contributed by atoms with Crippen LogP contribution in [0.5, 0.6) is 11.5 Å². The summed E-state index contributed by atoms with van der Waals surface area (Å²) in [4.78, 5) is 4.21. The number of hydrogen-bond acceptors (Lipinski definition) is 3. The number of rotatable bonds is 6. The lowest BCUT2D eigenvalue weighted by Crippen LogP contribution is -2.39. The minimum atomic E-state index is 0. The van der Waals surface area contributed by atoms with Crippen LogP contribution in [0.2, 0.25) is 0 Å². The van der Waals surface area contributed by atoms with Crippen LogP contribution in [0.25, 0.3) is 0 Å². The largest absolute Gasteiger partial charge is 0.493 e. The van der Waals surface area contributed by atoms with Gasteiger partial charge in [0.2, 0.25) is 0 Å². The van der Waals surface area contributed by atoms with E-state index < -0.39 is 0 Å². The van der Waals surface area contributed by atoms with Crippen molar-refractivity contribution < 1.29 is 9.47 Å². The monoisotopic (exact) mass is 405 g/mol. The number of benzene rings is 1. The number of nitrogens with zero attached hydrogens (tertiary/aromatic N) is 1. The molecule has 1 saturated carbocycles. The Hall–Kier alpha value is -1.18. The highest BCUT2D eigenvalue weighted by Crippen LogP contribution is 2.27. The summed E-state index contributed by atoms with van der Waals surface area (Å²) in [7, 11) is 5.10. The molecule has 0 bridgehead atoms. The first-order chi connectivity index (χ1) is 9.76. The van der Waals surface area contributed by atoms with E-state index in [1.165, 1.54) is 18.4 Å². The van der Waals surface area contributed by atoms with Gasteiger partial charge in [-0.25, -0.2) is 0 Å². The Balaban J connectivity index is 0.00000220. The van der Waals surface area contributed by atoms with Crippen LogP contribution in [0, 0.1) is 0 Å². The molecule has 6 heteroatoms.